The minimum atomic E-state index is -1.08. The van der Waals surface area contributed by atoms with Gasteiger partial charge in [-0.05, 0) is 12.5 Å². The van der Waals surface area contributed by atoms with E-state index in [2.05, 4.69) is 10.5 Å². The van der Waals surface area contributed by atoms with E-state index < -0.39 is 12.5 Å². The van der Waals surface area contributed by atoms with Gasteiger partial charge in [-0.1, -0.05) is 35.5 Å². The second-order valence-corrected chi connectivity index (χ2v) is 6.48. The molecule has 0 fully saturated rings. The Morgan fingerprint density at radius 3 is 2.58 bits per heavy atom. The van der Waals surface area contributed by atoms with Crippen LogP contribution in [0.15, 0.2) is 40.9 Å². The number of carboxylic acid groups (broad SMARTS) is 1. The molecule has 0 saturated carbocycles. The number of hydrogen-bond donors (Lipinski definition) is 2. The first-order chi connectivity index (χ1) is 12.4. The number of carbonyl (C=O) groups excluding carboxylic acids is 2. The SMILES string of the molecule is Cc1cc(NC(=O)CSCC(=O)N(CC(=O)O)Cc2ccccc2)no1. The lowest BCUT2D eigenvalue weighted by Crippen LogP contribution is -2.36. The van der Waals surface area contributed by atoms with Crippen LogP contribution in [0.25, 0.3) is 0 Å². The van der Waals surface area contributed by atoms with Crippen molar-refractivity contribution >= 4 is 35.4 Å². The molecule has 2 rings (SSSR count). The monoisotopic (exact) mass is 377 g/mol. The summed E-state index contributed by atoms with van der Waals surface area (Å²) in [7, 11) is 0. The molecule has 26 heavy (non-hydrogen) atoms. The maximum atomic E-state index is 12.3. The molecule has 2 aromatic rings. The van der Waals surface area contributed by atoms with Crippen molar-refractivity contribution in [1.82, 2.24) is 10.1 Å². The number of benzene rings is 1. The lowest BCUT2D eigenvalue weighted by atomic mass is 10.2. The number of anilines is 1. The van der Waals surface area contributed by atoms with Gasteiger partial charge >= 0.3 is 5.97 Å². The summed E-state index contributed by atoms with van der Waals surface area (Å²) in [6, 6.07) is 10.7. The highest BCUT2D eigenvalue weighted by molar-refractivity contribution is 8.00. The molecule has 2 amide bonds. The van der Waals surface area contributed by atoms with Gasteiger partial charge in [-0.15, -0.1) is 11.8 Å². The lowest BCUT2D eigenvalue weighted by molar-refractivity contribution is -0.143. The fourth-order valence-corrected chi connectivity index (χ4v) is 2.84. The van der Waals surface area contributed by atoms with Crippen LogP contribution in [0.5, 0.6) is 0 Å². The highest BCUT2D eigenvalue weighted by atomic mass is 32.2. The van der Waals surface area contributed by atoms with Crippen LogP contribution < -0.4 is 5.32 Å². The second-order valence-electron chi connectivity index (χ2n) is 5.49. The zero-order chi connectivity index (χ0) is 18.9. The normalized spacial score (nSPS) is 10.3. The van der Waals surface area contributed by atoms with Gasteiger partial charge in [0.25, 0.3) is 0 Å². The topological polar surface area (TPSA) is 113 Å². The molecule has 1 heterocycles. The fraction of sp³-hybridized carbons (Fsp3) is 0.294. The molecule has 9 heteroatoms. The van der Waals surface area contributed by atoms with Crippen LogP contribution >= 0.6 is 11.8 Å². The zero-order valence-electron chi connectivity index (χ0n) is 14.2. The van der Waals surface area contributed by atoms with Crippen LogP contribution in [0.2, 0.25) is 0 Å². The predicted octanol–water partition coefficient (Wildman–Crippen LogP) is 1.77. The van der Waals surface area contributed by atoms with E-state index in [0.29, 0.717) is 11.6 Å². The van der Waals surface area contributed by atoms with E-state index in [9.17, 15) is 14.4 Å². The largest absolute Gasteiger partial charge is 0.480 e. The average molecular weight is 377 g/mol. The molecule has 8 nitrogen and oxygen atoms in total. The fourth-order valence-electron chi connectivity index (χ4n) is 2.13. The number of hydrogen-bond acceptors (Lipinski definition) is 6. The van der Waals surface area contributed by atoms with Crippen molar-refractivity contribution in [3.05, 3.63) is 47.7 Å². The quantitative estimate of drug-likeness (QED) is 0.685. The second kappa shape index (κ2) is 9.62. The van der Waals surface area contributed by atoms with Crippen LogP contribution in [-0.4, -0.2) is 51.0 Å². The number of aryl methyl sites for hydroxylation is 1. The molecule has 1 aromatic carbocycles. The Morgan fingerprint density at radius 2 is 1.96 bits per heavy atom. The van der Waals surface area contributed by atoms with Crippen molar-refractivity contribution in [3.63, 3.8) is 0 Å². The first-order valence-corrected chi connectivity index (χ1v) is 8.94. The first kappa shape index (κ1) is 19.5. The van der Waals surface area contributed by atoms with Crippen molar-refractivity contribution in [2.75, 3.05) is 23.4 Å². The molecular formula is C17H19N3O5S. The molecule has 0 bridgehead atoms. The average Bonchev–Trinajstić information content (AvgIpc) is 2.99. The molecule has 1 aromatic heterocycles. The first-order valence-electron chi connectivity index (χ1n) is 7.78. The molecule has 0 aliphatic heterocycles. The van der Waals surface area contributed by atoms with Crippen LogP contribution in [0.4, 0.5) is 5.82 Å². The Balaban J connectivity index is 1.82. The number of nitrogens with zero attached hydrogens (tertiary/aromatic N) is 2. The highest BCUT2D eigenvalue weighted by Gasteiger charge is 2.18. The molecule has 0 aliphatic carbocycles. The maximum Gasteiger partial charge on any atom is 0.323 e. The lowest BCUT2D eigenvalue weighted by Gasteiger charge is -2.20. The summed E-state index contributed by atoms with van der Waals surface area (Å²) in [5.74, 6) is -0.798. The standard InChI is InChI=1S/C17H19N3O5S/c1-12-7-14(19-25-12)18-15(21)10-26-11-16(22)20(9-17(23)24)8-13-5-3-2-4-6-13/h2-7H,8-11H2,1H3,(H,23,24)(H,18,19,21). The third-order valence-corrected chi connectivity index (χ3v) is 4.17. The molecule has 2 N–H and O–H groups in total. The van der Waals surface area contributed by atoms with Gasteiger partial charge in [-0.3, -0.25) is 14.4 Å². The smallest absolute Gasteiger partial charge is 0.323 e. The summed E-state index contributed by atoms with van der Waals surface area (Å²) in [6.07, 6.45) is 0. The minimum absolute atomic E-state index is 0.00533. The Morgan fingerprint density at radius 1 is 1.23 bits per heavy atom. The number of nitrogens with one attached hydrogen (secondary N) is 1. The van der Waals surface area contributed by atoms with Gasteiger partial charge < -0.3 is 19.8 Å². The number of aromatic nitrogens is 1. The number of aliphatic carboxylic acids is 1. The van der Waals surface area contributed by atoms with E-state index in [1.807, 2.05) is 30.3 Å². The van der Waals surface area contributed by atoms with Crippen LogP contribution in [0.3, 0.4) is 0 Å². The van der Waals surface area contributed by atoms with Gasteiger partial charge in [0.15, 0.2) is 5.82 Å². The summed E-state index contributed by atoms with van der Waals surface area (Å²) < 4.78 is 4.85. The predicted molar refractivity (Wildman–Crippen MR) is 96.7 cm³/mol. The molecule has 0 spiro atoms. The molecule has 0 aliphatic rings. The molecule has 0 saturated heterocycles. The van der Waals surface area contributed by atoms with Crippen molar-refractivity contribution in [1.29, 1.82) is 0 Å². The third-order valence-electron chi connectivity index (χ3n) is 3.25. The third kappa shape index (κ3) is 6.60. The number of amides is 2. The van der Waals surface area contributed by atoms with E-state index >= 15 is 0 Å². The summed E-state index contributed by atoms with van der Waals surface area (Å²) in [4.78, 5) is 36.4. The Bertz CT molecular complexity index is 763. The van der Waals surface area contributed by atoms with Gasteiger partial charge in [-0.25, -0.2) is 0 Å². The number of rotatable bonds is 9. The number of thioether (sulfide) groups is 1. The van der Waals surface area contributed by atoms with Crippen LogP contribution in [-0.2, 0) is 20.9 Å². The summed E-state index contributed by atoms with van der Waals surface area (Å²) in [5.41, 5.74) is 0.839. The minimum Gasteiger partial charge on any atom is -0.480 e. The van der Waals surface area contributed by atoms with E-state index in [0.717, 1.165) is 17.3 Å². The molecule has 0 radical (unpaired) electrons. The Hall–Kier alpha value is -2.81. The van der Waals surface area contributed by atoms with E-state index in [4.69, 9.17) is 9.63 Å². The van der Waals surface area contributed by atoms with E-state index in [1.165, 1.54) is 4.90 Å². The van der Waals surface area contributed by atoms with Crippen molar-refractivity contribution in [2.45, 2.75) is 13.5 Å². The van der Waals surface area contributed by atoms with Gasteiger partial charge in [0.1, 0.15) is 12.3 Å². The zero-order valence-corrected chi connectivity index (χ0v) is 15.0. The van der Waals surface area contributed by atoms with Gasteiger partial charge in [0.05, 0.1) is 11.5 Å². The van der Waals surface area contributed by atoms with Gasteiger partial charge in [-0.2, -0.15) is 0 Å². The van der Waals surface area contributed by atoms with Gasteiger partial charge in [0.2, 0.25) is 11.8 Å². The Labute approximate surface area is 154 Å². The summed E-state index contributed by atoms with van der Waals surface area (Å²) in [6.45, 7) is 1.52. The van der Waals surface area contributed by atoms with Crippen LogP contribution in [0, 0.1) is 6.92 Å². The molecule has 138 valence electrons. The summed E-state index contributed by atoms with van der Waals surface area (Å²) in [5, 5.41) is 15.2. The molecular weight excluding hydrogens is 358 g/mol. The van der Waals surface area contributed by atoms with Crippen molar-refractivity contribution in [2.24, 2.45) is 0 Å². The molecule has 0 atom stereocenters. The van der Waals surface area contributed by atoms with E-state index in [-0.39, 0.29) is 29.9 Å². The number of carboxylic acids is 1. The molecule has 0 unspecified atom stereocenters. The van der Waals surface area contributed by atoms with E-state index in [1.54, 1.807) is 13.0 Å². The Kier molecular flexibility index (Phi) is 7.22. The number of carbonyl (C=O) groups is 3. The van der Waals surface area contributed by atoms with Crippen molar-refractivity contribution in [3.8, 4) is 0 Å². The van der Waals surface area contributed by atoms with Crippen molar-refractivity contribution < 1.29 is 24.0 Å². The van der Waals surface area contributed by atoms with Gasteiger partial charge in [0, 0.05) is 12.6 Å². The maximum absolute atomic E-state index is 12.3. The van der Waals surface area contributed by atoms with Crippen LogP contribution in [0.1, 0.15) is 11.3 Å². The summed E-state index contributed by atoms with van der Waals surface area (Å²) >= 11 is 1.11. The highest BCUT2D eigenvalue weighted by Crippen LogP contribution is 2.10.